The molecule has 1 aliphatic heterocycles. The van der Waals surface area contributed by atoms with Crippen LogP contribution in [0.25, 0.3) is 0 Å². The highest BCUT2D eigenvalue weighted by Crippen LogP contribution is 2.33. The van der Waals surface area contributed by atoms with Crippen LogP contribution in [0.4, 0.5) is 37.7 Å². The van der Waals surface area contributed by atoms with Crippen LogP contribution in [0, 0.1) is 0 Å². The minimum atomic E-state index is -4.98. The second-order valence-electron chi connectivity index (χ2n) is 8.02. The van der Waals surface area contributed by atoms with Gasteiger partial charge in [0.25, 0.3) is 10.0 Å². The molecule has 3 rings (SSSR count). The number of halogens is 6. The smallest absolute Gasteiger partial charge is 0.471 e. The third kappa shape index (κ3) is 7.64. The van der Waals surface area contributed by atoms with Gasteiger partial charge >= 0.3 is 18.3 Å². The van der Waals surface area contributed by atoms with Crippen LogP contribution in [-0.2, 0) is 26.2 Å². The molecular formula is C22H23F6N3O5S. The van der Waals surface area contributed by atoms with Gasteiger partial charge in [0.05, 0.1) is 24.3 Å². The summed E-state index contributed by atoms with van der Waals surface area (Å²) in [6.07, 6.45) is -9.48. The van der Waals surface area contributed by atoms with Crippen LogP contribution in [0.2, 0.25) is 0 Å². The van der Waals surface area contributed by atoms with Gasteiger partial charge in [-0.3, -0.25) is 9.52 Å². The maximum absolute atomic E-state index is 13.0. The molecule has 1 N–H and O–H groups in total. The summed E-state index contributed by atoms with van der Waals surface area (Å²) in [4.78, 5) is 13.6. The normalized spacial score (nSPS) is 15.0. The first kappa shape index (κ1) is 28.4. The lowest BCUT2D eigenvalue weighted by Gasteiger charge is -2.36. The van der Waals surface area contributed by atoms with Crippen molar-refractivity contribution >= 4 is 27.3 Å². The van der Waals surface area contributed by atoms with Gasteiger partial charge in [-0.2, -0.15) is 26.3 Å². The van der Waals surface area contributed by atoms with Crippen molar-refractivity contribution in [2.75, 3.05) is 49.5 Å². The molecule has 0 radical (unpaired) electrons. The maximum Gasteiger partial charge on any atom is 0.471 e. The molecule has 0 unspecified atom stereocenters. The Morgan fingerprint density at radius 1 is 1.00 bits per heavy atom. The minimum Gasteiger partial charge on any atom is -0.495 e. The van der Waals surface area contributed by atoms with Gasteiger partial charge in [-0.25, -0.2) is 8.42 Å². The molecule has 15 heteroatoms. The summed E-state index contributed by atoms with van der Waals surface area (Å²) < 4.78 is 113. The van der Waals surface area contributed by atoms with E-state index in [1.165, 1.54) is 49.6 Å². The van der Waals surface area contributed by atoms with Gasteiger partial charge in [0, 0.05) is 31.9 Å². The second kappa shape index (κ2) is 11.0. The average molecular weight is 555 g/mol. The van der Waals surface area contributed by atoms with Gasteiger partial charge in [0.15, 0.2) is 0 Å². The molecule has 0 aromatic heterocycles. The van der Waals surface area contributed by atoms with Crippen molar-refractivity contribution in [3.8, 4) is 5.75 Å². The number of alkyl halides is 6. The molecule has 1 saturated heterocycles. The number of carbonyl (C=O) groups excluding carboxylic acids is 1. The van der Waals surface area contributed by atoms with E-state index in [0.717, 1.165) is 0 Å². The van der Waals surface area contributed by atoms with Gasteiger partial charge in [-0.15, -0.1) is 0 Å². The first-order valence-corrected chi connectivity index (χ1v) is 12.2. The third-order valence-corrected chi connectivity index (χ3v) is 6.70. The third-order valence-electron chi connectivity index (χ3n) is 5.32. The first-order chi connectivity index (χ1) is 17.2. The fourth-order valence-electron chi connectivity index (χ4n) is 3.64. The van der Waals surface area contributed by atoms with Crippen LogP contribution in [0.5, 0.6) is 5.75 Å². The number of hydrogen-bond donors (Lipinski definition) is 1. The first-order valence-electron chi connectivity index (χ1n) is 10.7. The van der Waals surface area contributed by atoms with E-state index in [1.54, 1.807) is 4.90 Å². The lowest BCUT2D eigenvalue weighted by Crippen LogP contribution is -2.52. The van der Waals surface area contributed by atoms with E-state index in [4.69, 9.17) is 4.74 Å². The SMILES string of the molecule is COc1ccc(S(=O)(=O)Nc2cccc(COCC(F)(F)F)c2)cc1N1CCN(C(=O)C(F)(F)F)CC1. The summed E-state index contributed by atoms with van der Waals surface area (Å²) in [5.41, 5.74) is 0.703. The molecule has 1 aliphatic rings. The number of ether oxygens (including phenoxy) is 2. The minimum absolute atomic E-state index is 0.00901. The Morgan fingerprint density at radius 2 is 1.68 bits per heavy atom. The molecule has 8 nitrogen and oxygen atoms in total. The Kier molecular flexibility index (Phi) is 8.47. The van der Waals surface area contributed by atoms with E-state index in [2.05, 4.69) is 9.46 Å². The summed E-state index contributed by atoms with van der Waals surface area (Å²) in [7, 11) is -2.82. The quantitative estimate of drug-likeness (QED) is 0.499. The number of anilines is 2. The van der Waals surface area contributed by atoms with E-state index < -0.39 is 34.9 Å². The summed E-state index contributed by atoms with van der Waals surface area (Å²) >= 11 is 0. The van der Waals surface area contributed by atoms with Crippen LogP contribution < -0.4 is 14.4 Å². The molecule has 204 valence electrons. The van der Waals surface area contributed by atoms with Gasteiger partial charge in [0.2, 0.25) is 0 Å². The summed E-state index contributed by atoms with van der Waals surface area (Å²) in [5, 5.41) is 0. The largest absolute Gasteiger partial charge is 0.495 e. The summed E-state index contributed by atoms with van der Waals surface area (Å²) in [6, 6.07) is 9.61. The predicted molar refractivity (Wildman–Crippen MR) is 121 cm³/mol. The van der Waals surface area contributed by atoms with Crippen molar-refractivity contribution in [2.45, 2.75) is 23.9 Å². The zero-order valence-corrected chi connectivity index (χ0v) is 20.2. The molecule has 2 aromatic carbocycles. The number of nitrogens with zero attached hydrogens (tertiary/aromatic N) is 2. The zero-order valence-electron chi connectivity index (χ0n) is 19.4. The molecule has 2 aromatic rings. The van der Waals surface area contributed by atoms with Crippen LogP contribution in [0.1, 0.15) is 5.56 Å². The van der Waals surface area contributed by atoms with Crippen molar-refractivity contribution < 1.29 is 49.0 Å². The number of rotatable bonds is 8. The Bertz CT molecular complexity index is 1210. The van der Waals surface area contributed by atoms with Crippen molar-refractivity contribution in [1.29, 1.82) is 0 Å². The molecule has 0 spiro atoms. The van der Waals surface area contributed by atoms with E-state index in [9.17, 15) is 39.6 Å². The van der Waals surface area contributed by atoms with Crippen molar-refractivity contribution in [3.05, 3.63) is 48.0 Å². The van der Waals surface area contributed by atoms with Gasteiger partial charge in [-0.1, -0.05) is 12.1 Å². The number of hydrogen-bond acceptors (Lipinski definition) is 6. The zero-order chi connectivity index (χ0) is 27.4. The number of benzene rings is 2. The molecule has 0 saturated carbocycles. The number of amides is 1. The average Bonchev–Trinajstić information content (AvgIpc) is 2.82. The fraction of sp³-hybridized carbons (Fsp3) is 0.409. The van der Waals surface area contributed by atoms with Crippen molar-refractivity contribution in [3.63, 3.8) is 0 Å². The highest BCUT2D eigenvalue weighted by atomic mass is 32.2. The molecule has 1 amide bonds. The highest BCUT2D eigenvalue weighted by molar-refractivity contribution is 7.92. The fourth-order valence-corrected chi connectivity index (χ4v) is 4.71. The number of piperazine rings is 1. The second-order valence-corrected chi connectivity index (χ2v) is 9.71. The van der Waals surface area contributed by atoms with Gasteiger partial charge in [-0.05, 0) is 35.9 Å². The number of nitrogens with one attached hydrogen (secondary N) is 1. The molecule has 37 heavy (non-hydrogen) atoms. The monoisotopic (exact) mass is 555 g/mol. The Hall–Kier alpha value is -3.20. The molecular weight excluding hydrogens is 532 g/mol. The van der Waals surface area contributed by atoms with Gasteiger partial charge in [0.1, 0.15) is 12.4 Å². The van der Waals surface area contributed by atoms with Crippen LogP contribution in [-0.4, -0.2) is 71.5 Å². The Balaban J connectivity index is 1.75. The maximum atomic E-state index is 13.0. The summed E-state index contributed by atoms with van der Waals surface area (Å²) in [5.74, 6) is -1.66. The van der Waals surface area contributed by atoms with E-state index in [1.807, 2.05) is 0 Å². The van der Waals surface area contributed by atoms with E-state index in [0.29, 0.717) is 16.2 Å². The van der Waals surface area contributed by atoms with Gasteiger partial charge < -0.3 is 19.3 Å². The van der Waals surface area contributed by atoms with E-state index >= 15 is 0 Å². The molecule has 1 heterocycles. The lowest BCUT2D eigenvalue weighted by atomic mass is 10.2. The Labute approximate surface area is 208 Å². The topological polar surface area (TPSA) is 88.2 Å². The molecule has 1 fully saturated rings. The standard InChI is InChI=1S/C22H23F6N3O5S/c1-35-19-6-5-17(12-18(19)30-7-9-31(10-8-30)20(32)22(26,27)28)37(33,34)29-16-4-2-3-15(11-16)13-36-14-21(23,24)25/h2-6,11-12,29H,7-10,13-14H2,1H3. The lowest BCUT2D eigenvalue weighted by molar-refractivity contribution is -0.185. The van der Waals surface area contributed by atoms with Crippen LogP contribution in [0.3, 0.4) is 0 Å². The van der Waals surface area contributed by atoms with Crippen LogP contribution in [0.15, 0.2) is 47.4 Å². The predicted octanol–water partition coefficient (Wildman–Crippen LogP) is 3.79. The molecule has 0 aliphatic carbocycles. The Morgan fingerprint density at radius 3 is 2.27 bits per heavy atom. The van der Waals surface area contributed by atoms with Crippen molar-refractivity contribution in [1.82, 2.24) is 4.90 Å². The van der Waals surface area contributed by atoms with E-state index in [-0.39, 0.29) is 49.1 Å². The molecule has 0 bridgehead atoms. The molecule has 0 atom stereocenters. The van der Waals surface area contributed by atoms with Crippen molar-refractivity contribution in [2.24, 2.45) is 0 Å². The van der Waals surface area contributed by atoms with Crippen LogP contribution >= 0.6 is 0 Å². The highest BCUT2D eigenvalue weighted by Gasteiger charge is 2.43. The number of sulfonamides is 1. The number of methoxy groups -OCH3 is 1. The summed E-state index contributed by atoms with van der Waals surface area (Å²) in [6.45, 7) is -2.26. The number of carbonyl (C=O) groups is 1.